The van der Waals surface area contributed by atoms with Gasteiger partial charge >= 0.3 is 0 Å². The summed E-state index contributed by atoms with van der Waals surface area (Å²) in [6.07, 6.45) is 2.53. The Balaban J connectivity index is 0.00000264. The summed E-state index contributed by atoms with van der Waals surface area (Å²) in [5.41, 5.74) is 0.884. The molecule has 1 aromatic rings. The maximum Gasteiger partial charge on any atom is 0.191 e. The average molecular weight is 434 g/mol. The Kier molecular flexibility index (Phi) is 9.47. The molecule has 0 saturated carbocycles. The third-order valence-corrected chi connectivity index (χ3v) is 3.93. The fourth-order valence-electron chi connectivity index (χ4n) is 2.83. The Bertz CT molecular complexity index is 495. The van der Waals surface area contributed by atoms with E-state index >= 15 is 0 Å². The van der Waals surface area contributed by atoms with Crippen LogP contribution in [-0.2, 0) is 6.54 Å². The lowest BCUT2D eigenvalue weighted by atomic mass is 9.99. The molecule has 0 amide bonds. The number of nitrogens with one attached hydrogen (secondary N) is 2. The van der Waals surface area contributed by atoms with E-state index in [2.05, 4.69) is 27.6 Å². The summed E-state index contributed by atoms with van der Waals surface area (Å²) in [5, 5.41) is 6.66. The predicted molar refractivity (Wildman–Crippen MR) is 105 cm³/mol. The molecule has 1 aliphatic rings. The summed E-state index contributed by atoms with van der Waals surface area (Å²) in [6.45, 7) is 6.62. The minimum atomic E-state index is -0.212. The molecule has 130 valence electrons. The fourth-order valence-corrected chi connectivity index (χ4v) is 2.83. The standard InChI is InChI=1S/C17H27FN4.HI/c1-3-19-17(20-11-14-6-4-8-16(18)10-14)21-12-15-7-5-9-22(2)13-15;/h4,6,8,10,15H,3,5,7,9,11-13H2,1-2H3,(H2,19,20,21);1H. The van der Waals surface area contributed by atoms with E-state index in [1.165, 1.54) is 31.5 Å². The second kappa shape index (κ2) is 10.8. The number of benzene rings is 1. The smallest absolute Gasteiger partial charge is 0.191 e. The number of guanidine groups is 1. The van der Waals surface area contributed by atoms with E-state index < -0.39 is 0 Å². The number of piperidine rings is 1. The maximum absolute atomic E-state index is 13.2. The molecular formula is C17H28FIN4. The molecule has 1 aromatic carbocycles. The van der Waals surface area contributed by atoms with Gasteiger partial charge in [0.2, 0.25) is 0 Å². The molecule has 4 nitrogen and oxygen atoms in total. The predicted octanol–water partition coefficient (Wildman–Crippen LogP) is 2.84. The fraction of sp³-hybridized carbons (Fsp3) is 0.588. The summed E-state index contributed by atoms with van der Waals surface area (Å²) >= 11 is 0. The first-order valence-electron chi connectivity index (χ1n) is 8.12. The second-order valence-electron chi connectivity index (χ2n) is 5.98. The van der Waals surface area contributed by atoms with Gasteiger partial charge in [-0.15, -0.1) is 24.0 Å². The van der Waals surface area contributed by atoms with Crippen LogP contribution in [0.3, 0.4) is 0 Å². The summed E-state index contributed by atoms with van der Waals surface area (Å²) in [4.78, 5) is 6.92. The number of rotatable bonds is 5. The molecule has 6 heteroatoms. The Morgan fingerprint density at radius 1 is 1.39 bits per heavy atom. The highest BCUT2D eigenvalue weighted by Crippen LogP contribution is 2.13. The first-order chi connectivity index (χ1) is 10.7. The number of hydrogen-bond acceptors (Lipinski definition) is 2. The van der Waals surface area contributed by atoms with Crippen LogP contribution in [0.4, 0.5) is 4.39 Å². The van der Waals surface area contributed by atoms with Gasteiger partial charge in [0.1, 0.15) is 5.82 Å². The molecule has 23 heavy (non-hydrogen) atoms. The molecule has 0 radical (unpaired) electrons. The largest absolute Gasteiger partial charge is 0.357 e. The first-order valence-corrected chi connectivity index (χ1v) is 8.12. The zero-order valence-corrected chi connectivity index (χ0v) is 16.3. The van der Waals surface area contributed by atoms with Crippen LogP contribution in [0.25, 0.3) is 0 Å². The molecule has 0 spiro atoms. The molecule has 0 aliphatic carbocycles. The molecule has 1 heterocycles. The van der Waals surface area contributed by atoms with Crippen LogP contribution < -0.4 is 10.6 Å². The molecule has 1 unspecified atom stereocenters. The maximum atomic E-state index is 13.2. The van der Waals surface area contributed by atoms with Crippen molar-refractivity contribution in [3.8, 4) is 0 Å². The Hall–Kier alpha value is -0.890. The number of likely N-dealkylation sites (tertiary alicyclic amines) is 1. The van der Waals surface area contributed by atoms with Gasteiger partial charge in [0, 0.05) is 19.6 Å². The third-order valence-electron chi connectivity index (χ3n) is 3.93. The van der Waals surface area contributed by atoms with Gasteiger partial charge in [-0.25, -0.2) is 9.38 Å². The molecule has 2 rings (SSSR count). The van der Waals surface area contributed by atoms with E-state index in [0.717, 1.165) is 31.2 Å². The van der Waals surface area contributed by atoms with Crippen molar-refractivity contribution in [2.75, 3.05) is 33.2 Å². The first kappa shape index (κ1) is 20.2. The Morgan fingerprint density at radius 3 is 2.91 bits per heavy atom. The van der Waals surface area contributed by atoms with Gasteiger partial charge < -0.3 is 15.5 Å². The van der Waals surface area contributed by atoms with Gasteiger partial charge in [0.05, 0.1) is 6.54 Å². The van der Waals surface area contributed by atoms with Gasteiger partial charge in [-0.3, -0.25) is 0 Å². The van der Waals surface area contributed by atoms with Crippen molar-refractivity contribution in [1.82, 2.24) is 15.5 Å². The minimum Gasteiger partial charge on any atom is -0.357 e. The lowest BCUT2D eigenvalue weighted by Gasteiger charge is -2.30. The number of nitrogens with zero attached hydrogens (tertiary/aromatic N) is 2. The van der Waals surface area contributed by atoms with Crippen molar-refractivity contribution in [2.24, 2.45) is 10.9 Å². The zero-order valence-electron chi connectivity index (χ0n) is 14.0. The van der Waals surface area contributed by atoms with Crippen molar-refractivity contribution in [3.63, 3.8) is 0 Å². The highest BCUT2D eigenvalue weighted by Gasteiger charge is 2.17. The quantitative estimate of drug-likeness (QED) is 0.426. The molecule has 0 bridgehead atoms. The van der Waals surface area contributed by atoms with E-state index in [0.29, 0.717) is 12.5 Å². The summed E-state index contributed by atoms with van der Waals surface area (Å²) in [6, 6.07) is 6.60. The molecule has 1 atom stereocenters. The van der Waals surface area contributed by atoms with Crippen LogP contribution >= 0.6 is 24.0 Å². The molecule has 1 aliphatic heterocycles. The number of halogens is 2. The summed E-state index contributed by atoms with van der Waals surface area (Å²) in [7, 11) is 2.18. The highest BCUT2D eigenvalue weighted by molar-refractivity contribution is 14.0. The summed E-state index contributed by atoms with van der Waals surface area (Å²) < 4.78 is 13.2. The lowest BCUT2D eigenvalue weighted by Crippen LogP contribution is -2.43. The third kappa shape index (κ3) is 7.48. The number of hydrogen-bond donors (Lipinski definition) is 2. The van der Waals surface area contributed by atoms with Gasteiger partial charge in [0.25, 0.3) is 0 Å². The molecule has 0 aromatic heterocycles. The molecular weight excluding hydrogens is 406 g/mol. The van der Waals surface area contributed by atoms with Gasteiger partial charge in [-0.05, 0) is 57.0 Å². The van der Waals surface area contributed by atoms with Crippen molar-refractivity contribution in [1.29, 1.82) is 0 Å². The van der Waals surface area contributed by atoms with Crippen LogP contribution in [0.2, 0.25) is 0 Å². The van der Waals surface area contributed by atoms with Gasteiger partial charge in [-0.1, -0.05) is 12.1 Å². The Morgan fingerprint density at radius 2 is 2.22 bits per heavy atom. The van der Waals surface area contributed by atoms with E-state index in [4.69, 9.17) is 0 Å². The topological polar surface area (TPSA) is 39.7 Å². The van der Waals surface area contributed by atoms with Crippen molar-refractivity contribution in [2.45, 2.75) is 26.3 Å². The van der Waals surface area contributed by atoms with Crippen molar-refractivity contribution >= 4 is 29.9 Å². The van der Waals surface area contributed by atoms with Crippen LogP contribution in [0, 0.1) is 11.7 Å². The normalized spacial score (nSPS) is 19.1. The van der Waals surface area contributed by atoms with E-state index in [9.17, 15) is 4.39 Å². The van der Waals surface area contributed by atoms with Crippen LogP contribution in [0.1, 0.15) is 25.3 Å². The number of aliphatic imine (C=N–C) groups is 1. The highest BCUT2D eigenvalue weighted by atomic mass is 127. The van der Waals surface area contributed by atoms with Gasteiger partial charge in [0.15, 0.2) is 5.96 Å². The molecule has 2 N–H and O–H groups in total. The van der Waals surface area contributed by atoms with Crippen LogP contribution in [0.5, 0.6) is 0 Å². The van der Waals surface area contributed by atoms with Gasteiger partial charge in [-0.2, -0.15) is 0 Å². The average Bonchev–Trinajstić information content (AvgIpc) is 2.50. The van der Waals surface area contributed by atoms with E-state index in [1.807, 2.05) is 13.0 Å². The van der Waals surface area contributed by atoms with E-state index in [-0.39, 0.29) is 29.8 Å². The summed E-state index contributed by atoms with van der Waals surface area (Å²) in [5.74, 6) is 1.26. The Labute approximate surface area is 156 Å². The lowest BCUT2D eigenvalue weighted by molar-refractivity contribution is 0.210. The molecule has 1 fully saturated rings. The van der Waals surface area contributed by atoms with Crippen LogP contribution in [0.15, 0.2) is 29.3 Å². The minimum absolute atomic E-state index is 0. The SMILES string of the molecule is CCNC(=NCc1cccc(F)c1)NCC1CCCN(C)C1.I. The van der Waals surface area contributed by atoms with E-state index in [1.54, 1.807) is 6.07 Å². The molecule has 1 saturated heterocycles. The van der Waals surface area contributed by atoms with Crippen molar-refractivity contribution in [3.05, 3.63) is 35.6 Å². The second-order valence-corrected chi connectivity index (χ2v) is 5.98. The monoisotopic (exact) mass is 434 g/mol. The zero-order chi connectivity index (χ0) is 15.8. The van der Waals surface area contributed by atoms with Crippen molar-refractivity contribution < 1.29 is 4.39 Å². The van der Waals surface area contributed by atoms with Crippen LogP contribution in [-0.4, -0.2) is 44.1 Å².